The summed E-state index contributed by atoms with van der Waals surface area (Å²) in [5.41, 5.74) is 0. The zero-order valence-electron chi connectivity index (χ0n) is 12.3. The van der Waals surface area contributed by atoms with Gasteiger partial charge in [-0.2, -0.15) is 4.31 Å². The second kappa shape index (κ2) is 5.10. The number of aliphatic carboxylic acids is 1. The van der Waals surface area contributed by atoms with E-state index in [0.29, 0.717) is 31.1 Å². The number of rotatable bonds is 3. The van der Waals surface area contributed by atoms with E-state index in [0.717, 1.165) is 12.8 Å². The molecule has 3 aliphatic rings. The van der Waals surface area contributed by atoms with Gasteiger partial charge in [0.1, 0.15) is 19.3 Å². The Hall–Kier alpha value is -1.80. The number of hydrogen-bond donors (Lipinski definition) is 1. The minimum Gasteiger partial charge on any atom is -0.486 e. The highest BCUT2D eigenvalue weighted by atomic mass is 32.2. The number of benzene rings is 1. The first-order valence-electron chi connectivity index (χ1n) is 7.64. The highest BCUT2D eigenvalue weighted by Gasteiger charge is 2.54. The van der Waals surface area contributed by atoms with Gasteiger partial charge in [0.05, 0.1) is 4.90 Å². The van der Waals surface area contributed by atoms with E-state index in [-0.39, 0.29) is 16.9 Å². The number of carboxylic acid groups (broad SMARTS) is 1. The molecule has 1 aromatic rings. The van der Waals surface area contributed by atoms with Crippen molar-refractivity contribution in [1.82, 2.24) is 4.31 Å². The van der Waals surface area contributed by atoms with Gasteiger partial charge in [-0.05, 0) is 37.3 Å². The van der Waals surface area contributed by atoms with E-state index >= 15 is 0 Å². The van der Waals surface area contributed by atoms with Crippen LogP contribution in [0.25, 0.3) is 0 Å². The fraction of sp³-hybridized carbons (Fsp3) is 0.533. The third kappa shape index (κ3) is 2.20. The summed E-state index contributed by atoms with van der Waals surface area (Å²) in [4.78, 5) is 11.6. The van der Waals surface area contributed by atoms with E-state index in [4.69, 9.17) is 9.47 Å². The maximum Gasteiger partial charge on any atom is 0.322 e. The summed E-state index contributed by atoms with van der Waals surface area (Å²) >= 11 is 0. The number of sulfonamides is 1. The lowest BCUT2D eigenvalue weighted by Gasteiger charge is -2.31. The fourth-order valence-electron chi connectivity index (χ4n) is 3.91. The molecule has 0 radical (unpaired) electrons. The summed E-state index contributed by atoms with van der Waals surface area (Å²) < 4.78 is 38.0. The van der Waals surface area contributed by atoms with Gasteiger partial charge in [-0.15, -0.1) is 0 Å². The molecule has 124 valence electrons. The molecule has 7 nitrogen and oxygen atoms in total. The zero-order chi connectivity index (χ0) is 16.2. The fourth-order valence-corrected chi connectivity index (χ4v) is 5.79. The van der Waals surface area contributed by atoms with Crippen LogP contribution < -0.4 is 9.47 Å². The van der Waals surface area contributed by atoms with Gasteiger partial charge in [-0.3, -0.25) is 4.79 Å². The first-order chi connectivity index (χ1) is 11.0. The highest BCUT2D eigenvalue weighted by Crippen LogP contribution is 2.46. The lowest BCUT2D eigenvalue weighted by atomic mass is 10.0. The van der Waals surface area contributed by atoms with Crippen molar-refractivity contribution < 1.29 is 27.8 Å². The molecule has 1 saturated carbocycles. The van der Waals surface area contributed by atoms with Crippen molar-refractivity contribution in [2.45, 2.75) is 36.2 Å². The van der Waals surface area contributed by atoms with Crippen LogP contribution in [0.5, 0.6) is 11.5 Å². The van der Waals surface area contributed by atoms with Gasteiger partial charge in [0.15, 0.2) is 11.5 Å². The van der Waals surface area contributed by atoms with Gasteiger partial charge in [-0.1, -0.05) is 0 Å². The van der Waals surface area contributed by atoms with Crippen molar-refractivity contribution in [3.63, 3.8) is 0 Å². The number of ether oxygens (including phenoxy) is 2. The number of fused-ring (bicyclic) bond motifs is 3. The van der Waals surface area contributed by atoms with Crippen molar-refractivity contribution in [3.8, 4) is 11.5 Å². The second-order valence-electron chi connectivity index (χ2n) is 6.15. The monoisotopic (exact) mass is 339 g/mol. The van der Waals surface area contributed by atoms with Crippen molar-refractivity contribution in [2.24, 2.45) is 5.92 Å². The lowest BCUT2D eigenvalue weighted by Crippen LogP contribution is -2.48. The second-order valence-corrected chi connectivity index (χ2v) is 7.99. The molecule has 1 saturated heterocycles. The average molecular weight is 339 g/mol. The van der Waals surface area contributed by atoms with Gasteiger partial charge in [0.25, 0.3) is 0 Å². The van der Waals surface area contributed by atoms with Crippen LogP contribution >= 0.6 is 0 Å². The Morgan fingerprint density at radius 1 is 1.17 bits per heavy atom. The third-order valence-electron chi connectivity index (χ3n) is 4.87. The van der Waals surface area contributed by atoms with Crippen LogP contribution in [-0.2, 0) is 14.8 Å². The molecule has 4 rings (SSSR count). The first-order valence-corrected chi connectivity index (χ1v) is 9.08. The number of nitrogens with zero attached hydrogens (tertiary/aromatic N) is 1. The molecular weight excluding hydrogens is 322 g/mol. The summed E-state index contributed by atoms with van der Waals surface area (Å²) in [6.07, 6.45) is 2.12. The summed E-state index contributed by atoms with van der Waals surface area (Å²) in [7, 11) is -3.88. The van der Waals surface area contributed by atoms with Gasteiger partial charge in [-0.25, -0.2) is 8.42 Å². The van der Waals surface area contributed by atoms with Gasteiger partial charge in [0, 0.05) is 12.1 Å². The van der Waals surface area contributed by atoms with Crippen molar-refractivity contribution >= 4 is 16.0 Å². The van der Waals surface area contributed by atoms with Crippen molar-refractivity contribution in [2.75, 3.05) is 13.2 Å². The highest BCUT2D eigenvalue weighted by molar-refractivity contribution is 7.89. The molecule has 23 heavy (non-hydrogen) atoms. The molecule has 1 aromatic carbocycles. The molecule has 3 atom stereocenters. The Morgan fingerprint density at radius 2 is 1.91 bits per heavy atom. The maximum absolute atomic E-state index is 13.0. The molecule has 8 heteroatoms. The van der Waals surface area contributed by atoms with Gasteiger partial charge in [0.2, 0.25) is 10.0 Å². The Balaban J connectivity index is 1.74. The van der Waals surface area contributed by atoms with Crippen molar-refractivity contribution in [1.29, 1.82) is 0 Å². The largest absolute Gasteiger partial charge is 0.486 e. The number of hydrogen-bond acceptors (Lipinski definition) is 5. The molecule has 0 amide bonds. The van der Waals surface area contributed by atoms with Gasteiger partial charge >= 0.3 is 5.97 Å². The molecule has 0 aromatic heterocycles. The van der Waals surface area contributed by atoms with Gasteiger partial charge < -0.3 is 14.6 Å². The summed E-state index contributed by atoms with van der Waals surface area (Å²) in [6.45, 7) is 0.790. The normalized spacial score (nSPS) is 29.7. The van der Waals surface area contributed by atoms with E-state index in [1.807, 2.05) is 0 Å². The van der Waals surface area contributed by atoms with Crippen LogP contribution in [0, 0.1) is 5.92 Å². The lowest BCUT2D eigenvalue weighted by molar-refractivity contribution is -0.142. The zero-order valence-corrected chi connectivity index (χ0v) is 13.2. The van der Waals surface area contributed by atoms with Crippen LogP contribution in [0.3, 0.4) is 0 Å². The van der Waals surface area contributed by atoms with Crippen LogP contribution in [0.15, 0.2) is 23.1 Å². The molecule has 2 bridgehead atoms. The van der Waals surface area contributed by atoms with Crippen LogP contribution in [0.4, 0.5) is 0 Å². The first kappa shape index (κ1) is 14.8. The van der Waals surface area contributed by atoms with Crippen LogP contribution in [0.2, 0.25) is 0 Å². The minimum absolute atomic E-state index is 0.0561. The summed E-state index contributed by atoms with van der Waals surface area (Å²) in [5, 5.41) is 9.46. The Bertz CT molecular complexity index is 761. The van der Waals surface area contributed by atoms with E-state index in [2.05, 4.69) is 0 Å². The number of piperidine rings is 1. The molecule has 1 N–H and O–H groups in total. The predicted octanol–water partition coefficient (Wildman–Crippen LogP) is 1.08. The summed E-state index contributed by atoms with van der Waals surface area (Å²) in [5.74, 6) is -0.274. The summed E-state index contributed by atoms with van der Waals surface area (Å²) in [6, 6.07) is 3.25. The Kier molecular flexibility index (Phi) is 3.28. The standard InChI is InChI=1S/C15H17NO6S/c17-15(18)14-9-1-2-10(7-9)16(14)23(19,20)11-3-4-12-13(8-11)22-6-5-21-12/h3-4,8-10,14H,1-2,5-7H2,(H,17,18)/t9-,10-,14-/m0/s1. The Labute approximate surface area is 133 Å². The molecule has 0 spiro atoms. The third-order valence-corrected chi connectivity index (χ3v) is 6.80. The molecule has 2 fully saturated rings. The van der Waals surface area contributed by atoms with E-state index < -0.39 is 22.0 Å². The topological polar surface area (TPSA) is 93.1 Å². The van der Waals surface area contributed by atoms with Crippen LogP contribution in [-0.4, -0.2) is 49.1 Å². The van der Waals surface area contributed by atoms with Crippen LogP contribution in [0.1, 0.15) is 19.3 Å². The molecule has 1 aliphatic carbocycles. The SMILES string of the molecule is O=C(O)[C@@H]1[C@H]2CC[C@@H](C2)N1S(=O)(=O)c1ccc2c(c1)OCCO2. The number of carboxylic acids is 1. The maximum atomic E-state index is 13.0. The quantitative estimate of drug-likeness (QED) is 0.886. The average Bonchev–Trinajstić information content (AvgIpc) is 3.15. The predicted molar refractivity (Wildman–Crippen MR) is 79.0 cm³/mol. The van der Waals surface area contributed by atoms with E-state index in [1.165, 1.54) is 16.4 Å². The smallest absolute Gasteiger partial charge is 0.322 e. The van der Waals surface area contributed by atoms with E-state index in [1.54, 1.807) is 6.07 Å². The number of carbonyl (C=O) groups is 1. The van der Waals surface area contributed by atoms with E-state index in [9.17, 15) is 18.3 Å². The Morgan fingerprint density at radius 3 is 2.65 bits per heavy atom. The van der Waals surface area contributed by atoms with Crippen molar-refractivity contribution in [3.05, 3.63) is 18.2 Å². The molecule has 0 unspecified atom stereocenters. The molecule has 2 aliphatic heterocycles. The minimum atomic E-state index is -3.88. The molecular formula is C15H17NO6S. The molecule has 2 heterocycles.